The number of hydrogen-bond donors (Lipinski definition) is 11. The smallest absolute Gasteiger partial charge is 0.463 e. The Hall–Kier alpha value is -2.30. The van der Waals surface area contributed by atoms with Crippen molar-refractivity contribution in [3.8, 4) is 0 Å². The molecule has 1 saturated carbocycles. The van der Waals surface area contributed by atoms with Gasteiger partial charge in [0.15, 0.2) is 18.7 Å². The molecule has 0 aromatic rings. The summed E-state index contributed by atoms with van der Waals surface area (Å²) < 4.78 is 65.2. The fourth-order valence-corrected chi connectivity index (χ4v) is 14.5. The third kappa shape index (κ3) is 40.2. The van der Waals surface area contributed by atoms with Crippen molar-refractivity contribution in [2.24, 2.45) is 5.92 Å². The van der Waals surface area contributed by atoms with Crippen LogP contribution in [-0.2, 0) is 61.2 Å². The fraction of sp³-hybridized carbons (Fsp3) is 0.935. The zero-order valence-corrected chi connectivity index (χ0v) is 64.0. The van der Waals surface area contributed by atoms with Gasteiger partial charge in [0.2, 0.25) is 0 Å². The van der Waals surface area contributed by atoms with Crippen LogP contribution in [-0.4, -0.2) is 204 Å². The van der Waals surface area contributed by atoms with E-state index in [1.807, 2.05) is 0 Å². The van der Waals surface area contributed by atoms with Crippen molar-refractivity contribution >= 4 is 25.7 Å². The molecule has 24 nitrogen and oxygen atoms in total. The van der Waals surface area contributed by atoms with Gasteiger partial charge in [-0.3, -0.25) is 23.4 Å². The van der Waals surface area contributed by atoms with Crippen LogP contribution in [0.2, 0.25) is 0 Å². The van der Waals surface area contributed by atoms with Crippen molar-refractivity contribution < 1.29 is 117 Å². The fourth-order valence-electron chi connectivity index (χ4n) is 13.5. The van der Waals surface area contributed by atoms with Crippen molar-refractivity contribution in [2.75, 3.05) is 26.4 Å². The Morgan fingerprint density at radius 1 is 0.402 bits per heavy atom. The molecule has 0 spiro atoms. The molecule has 0 bridgehead atoms. The Morgan fingerprint density at radius 2 is 0.745 bits per heavy atom. The maximum absolute atomic E-state index is 14.4. The highest BCUT2D eigenvalue weighted by atomic mass is 31.2. The van der Waals surface area contributed by atoms with Crippen LogP contribution in [0.1, 0.15) is 323 Å². The van der Waals surface area contributed by atoms with Gasteiger partial charge in [-0.2, -0.15) is 0 Å². The molecule has 2 aliphatic heterocycles. The summed E-state index contributed by atoms with van der Waals surface area (Å²) in [7, 11) is -5.70. The quantitative estimate of drug-likeness (QED) is 0.00886. The van der Waals surface area contributed by atoms with Crippen LogP contribution in [0, 0.1) is 5.92 Å². The lowest BCUT2D eigenvalue weighted by molar-refractivity contribution is -0.360. The molecule has 600 valence electrons. The lowest BCUT2D eigenvalue weighted by Crippen LogP contribution is -2.69. The third-order valence-corrected chi connectivity index (χ3v) is 21.2. The average molecular weight is 1480 g/mol. The number of rotatable bonds is 63. The molecular weight excluding hydrogens is 1340 g/mol. The molecule has 25 heteroatoms. The van der Waals surface area contributed by atoms with Gasteiger partial charge in [-0.05, 0) is 50.9 Å². The SMILES string of the molecule is CCCCCCCCC/C=C\CCCCCC(=O)OCC(COP(=O)(O)OC1C(OC2OC(CO)C(O)C(O)C2O)C(O)C(O)C(O)C1OC1OC(COC(=O)CCCCCCCCC(C)CCCCCCCC)C(O)C(O)C1O)OC(=O)CCCCCCCCCCCCCCCCCCC. The second kappa shape index (κ2) is 57.8. The van der Waals surface area contributed by atoms with Gasteiger partial charge in [-0.15, -0.1) is 0 Å². The molecule has 3 fully saturated rings. The monoisotopic (exact) mass is 1480 g/mol. The Morgan fingerprint density at radius 3 is 1.17 bits per heavy atom. The van der Waals surface area contributed by atoms with E-state index in [1.54, 1.807) is 0 Å². The molecule has 3 rings (SSSR count). The molecule has 2 saturated heterocycles. The minimum absolute atomic E-state index is 0.0278. The van der Waals surface area contributed by atoms with Crippen molar-refractivity contribution in [2.45, 2.75) is 427 Å². The number of ether oxygens (including phenoxy) is 7. The number of phosphoric acid groups is 1. The molecule has 11 N–H and O–H groups in total. The third-order valence-electron chi connectivity index (χ3n) is 20.2. The number of unbranched alkanes of at least 4 members (excludes halogenated alkanes) is 36. The van der Waals surface area contributed by atoms with Gasteiger partial charge < -0.3 is 89.1 Å². The van der Waals surface area contributed by atoms with Gasteiger partial charge in [0.05, 0.1) is 13.2 Å². The predicted octanol–water partition coefficient (Wildman–Crippen LogP) is 12.2. The van der Waals surface area contributed by atoms with E-state index in [4.69, 9.17) is 42.2 Å². The molecule has 19 atom stereocenters. The van der Waals surface area contributed by atoms with E-state index >= 15 is 0 Å². The number of esters is 3. The van der Waals surface area contributed by atoms with E-state index in [0.717, 1.165) is 96.3 Å². The van der Waals surface area contributed by atoms with Crippen LogP contribution in [0.15, 0.2) is 12.2 Å². The number of aliphatic hydroxyl groups excluding tert-OH is 10. The van der Waals surface area contributed by atoms with Gasteiger partial charge >= 0.3 is 25.7 Å². The highest BCUT2D eigenvalue weighted by molar-refractivity contribution is 7.47. The number of allylic oxidation sites excluding steroid dienone is 2. The van der Waals surface area contributed by atoms with Gasteiger partial charge in [0.25, 0.3) is 0 Å². The zero-order valence-electron chi connectivity index (χ0n) is 63.1. The van der Waals surface area contributed by atoms with E-state index in [-0.39, 0.29) is 19.3 Å². The van der Waals surface area contributed by atoms with Crippen LogP contribution in [0.4, 0.5) is 0 Å². The minimum atomic E-state index is -5.70. The van der Waals surface area contributed by atoms with Crippen LogP contribution in [0.3, 0.4) is 0 Å². The summed E-state index contributed by atoms with van der Waals surface area (Å²) in [5.74, 6) is -1.30. The summed E-state index contributed by atoms with van der Waals surface area (Å²) in [6.45, 7) is 5.79. The lowest BCUT2D eigenvalue weighted by Gasteiger charge is -2.49. The number of carbonyl (C=O) groups is 3. The van der Waals surface area contributed by atoms with Crippen LogP contribution >= 0.6 is 7.82 Å². The average Bonchev–Trinajstić information content (AvgIpc) is 0.761. The highest BCUT2D eigenvalue weighted by Crippen LogP contribution is 2.49. The summed E-state index contributed by atoms with van der Waals surface area (Å²) in [5, 5.41) is 110. The molecule has 0 aromatic heterocycles. The van der Waals surface area contributed by atoms with E-state index in [9.17, 15) is 74.9 Å². The lowest BCUT2D eigenvalue weighted by atomic mass is 9.84. The summed E-state index contributed by atoms with van der Waals surface area (Å²) in [4.78, 5) is 51.2. The summed E-state index contributed by atoms with van der Waals surface area (Å²) >= 11 is 0. The molecule has 0 amide bonds. The second-order valence-electron chi connectivity index (χ2n) is 29.4. The standard InChI is InChI=1S/C77H143O24P/c1-5-8-11-14-17-19-21-23-25-26-27-29-31-33-35-42-47-52-63(81)96-58(54-93-61(79)50-45-40-34-32-30-28-24-22-20-18-15-12-9-6-2)55-95-102(91,92)101-75-73(99-76-71(89)66(84)64(82)59(53-78)97-76)69(87)68(86)70(88)74(75)100-77-72(90)67(85)65(83)60(98-77)56-94-62(80)51-46-41-37-36-39-44-49-57(4)48-43-38-16-13-10-7-3/h28,30,57-60,64-78,82-90H,5-27,29,31-56H2,1-4H3,(H,91,92)/b30-28-. The van der Waals surface area contributed by atoms with Crippen molar-refractivity contribution in [1.82, 2.24) is 0 Å². The number of carbonyl (C=O) groups excluding carboxylic acids is 3. The summed E-state index contributed by atoms with van der Waals surface area (Å²) in [6.07, 6.45) is 16.9. The zero-order chi connectivity index (χ0) is 74.8. The maximum Gasteiger partial charge on any atom is 0.472 e. The largest absolute Gasteiger partial charge is 0.472 e. The first-order valence-electron chi connectivity index (χ1n) is 40.4. The first-order valence-corrected chi connectivity index (χ1v) is 41.9. The Balaban J connectivity index is 1.71. The molecule has 19 unspecified atom stereocenters. The summed E-state index contributed by atoms with van der Waals surface area (Å²) in [5.41, 5.74) is 0. The number of phosphoric ester groups is 1. The first-order chi connectivity index (χ1) is 49.2. The Kier molecular flexibility index (Phi) is 53.2. The molecule has 1 aliphatic carbocycles. The van der Waals surface area contributed by atoms with Crippen LogP contribution in [0.25, 0.3) is 0 Å². The van der Waals surface area contributed by atoms with Crippen LogP contribution < -0.4 is 0 Å². The van der Waals surface area contributed by atoms with Gasteiger partial charge in [0.1, 0.15) is 98.7 Å². The van der Waals surface area contributed by atoms with E-state index in [0.29, 0.717) is 25.2 Å². The molecule has 2 heterocycles. The Bertz CT molecular complexity index is 2160. The van der Waals surface area contributed by atoms with Gasteiger partial charge in [-0.1, -0.05) is 271 Å². The van der Waals surface area contributed by atoms with Crippen LogP contribution in [0.5, 0.6) is 0 Å². The second-order valence-corrected chi connectivity index (χ2v) is 30.8. The van der Waals surface area contributed by atoms with E-state index < -0.39 is 156 Å². The molecule has 102 heavy (non-hydrogen) atoms. The van der Waals surface area contributed by atoms with E-state index in [1.165, 1.54) is 161 Å². The normalized spacial score (nSPS) is 27.4. The topological polar surface area (TPSA) is 374 Å². The number of hydrogen-bond acceptors (Lipinski definition) is 23. The molecule has 0 aromatic carbocycles. The maximum atomic E-state index is 14.4. The first kappa shape index (κ1) is 93.9. The van der Waals surface area contributed by atoms with Crippen molar-refractivity contribution in [3.63, 3.8) is 0 Å². The molecular formula is C77H143O24P. The van der Waals surface area contributed by atoms with E-state index in [2.05, 4.69) is 39.8 Å². The predicted molar refractivity (Wildman–Crippen MR) is 388 cm³/mol. The molecule has 3 aliphatic rings. The van der Waals surface area contributed by atoms with Crippen molar-refractivity contribution in [1.29, 1.82) is 0 Å². The highest BCUT2D eigenvalue weighted by Gasteiger charge is 2.58. The van der Waals surface area contributed by atoms with Gasteiger partial charge in [0, 0.05) is 19.3 Å². The number of aliphatic hydroxyl groups is 10. The Labute approximate surface area is 612 Å². The van der Waals surface area contributed by atoms with Gasteiger partial charge in [-0.25, -0.2) is 4.57 Å². The molecule has 0 radical (unpaired) electrons. The summed E-state index contributed by atoms with van der Waals surface area (Å²) in [6, 6.07) is 0. The minimum Gasteiger partial charge on any atom is -0.463 e. The van der Waals surface area contributed by atoms with Crippen molar-refractivity contribution in [3.05, 3.63) is 12.2 Å².